The first-order chi connectivity index (χ1) is 15.7. The van der Waals surface area contributed by atoms with Crippen molar-refractivity contribution in [1.29, 1.82) is 0 Å². The Morgan fingerprint density at radius 1 is 1.06 bits per heavy atom. The second-order valence-electron chi connectivity index (χ2n) is 7.66. The predicted octanol–water partition coefficient (Wildman–Crippen LogP) is 6.47. The standard InChI is InChI=1S/C26H23N3O2S/c1-17-8-13-24-21(14-17)22(15-25(31-24)19-6-4-3-5-7-19)28-29-26-27-23(16-32-26)18-9-11-20(30-2)12-10-18/h3-14,16,25H,15H2,1-2H3,(H,27,29)/b28-22-. The average molecular weight is 442 g/mol. The number of fused-ring (bicyclic) bond motifs is 1. The molecule has 32 heavy (non-hydrogen) atoms. The Labute approximate surface area is 191 Å². The Morgan fingerprint density at radius 3 is 2.66 bits per heavy atom. The third-order valence-corrected chi connectivity index (χ3v) is 6.19. The predicted molar refractivity (Wildman–Crippen MR) is 130 cm³/mol. The summed E-state index contributed by atoms with van der Waals surface area (Å²) in [4.78, 5) is 4.70. The summed E-state index contributed by atoms with van der Waals surface area (Å²) in [7, 11) is 1.66. The number of hydrogen-bond acceptors (Lipinski definition) is 6. The number of nitrogens with one attached hydrogen (secondary N) is 1. The van der Waals surface area contributed by atoms with Gasteiger partial charge in [0.2, 0.25) is 5.13 Å². The minimum Gasteiger partial charge on any atom is -0.497 e. The number of methoxy groups -OCH3 is 1. The van der Waals surface area contributed by atoms with Crippen LogP contribution in [0.15, 0.2) is 83.3 Å². The van der Waals surface area contributed by atoms with Gasteiger partial charge >= 0.3 is 0 Å². The summed E-state index contributed by atoms with van der Waals surface area (Å²) in [5.41, 5.74) is 9.43. The molecular formula is C26H23N3O2S. The molecule has 1 atom stereocenters. The zero-order valence-electron chi connectivity index (χ0n) is 17.9. The summed E-state index contributed by atoms with van der Waals surface area (Å²) in [5.74, 6) is 1.68. The second-order valence-corrected chi connectivity index (χ2v) is 8.52. The smallest absolute Gasteiger partial charge is 0.203 e. The highest BCUT2D eigenvalue weighted by Crippen LogP contribution is 2.36. The lowest BCUT2D eigenvalue weighted by molar-refractivity contribution is 0.206. The summed E-state index contributed by atoms with van der Waals surface area (Å²) in [6.45, 7) is 2.08. The van der Waals surface area contributed by atoms with Crippen LogP contribution in [0, 0.1) is 6.92 Å². The molecule has 3 aromatic carbocycles. The quantitative estimate of drug-likeness (QED) is 0.361. The summed E-state index contributed by atoms with van der Waals surface area (Å²) in [5, 5.41) is 7.54. The van der Waals surface area contributed by atoms with E-state index in [0.717, 1.165) is 44.7 Å². The maximum atomic E-state index is 6.30. The number of aromatic nitrogens is 1. The third kappa shape index (κ3) is 4.22. The summed E-state index contributed by atoms with van der Waals surface area (Å²) in [6, 6.07) is 24.4. The maximum Gasteiger partial charge on any atom is 0.203 e. The Balaban J connectivity index is 1.41. The molecule has 0 amide bonds. The number of anilines is 1. The number of hydrazone groups is 1. The molecule has 5 nitrogen and oxygen atoms in total. The molecule has 1 aromatic heterocycles. The van der Waals surface area contributed by atoms with Crippen LogP contribution >= 0.6 is 11.3 Å². The van der Waals surface area contributed by atoms with Crippen LogP contribution in [0.2, 0.25) is 0 Å². The fourth-order valence-corrected chi connectivity index (χ4v) is 4.41. The average Bonchev–Trinajstić information content (AvgIpc) is 3.32. The van der Waals surface area contributed by atoms with Gasteiger partial charge in [-0.3, -0.25) is 5.43 Å². The van der Waals surface area contributed by atoms with Crippen molar-refractivity contribution in [3.63, 3.8) is 0 Å². The molecule has 160 valence electrons. The van der Waals surface area contributed by atoms with Crippen LogP contribution in [0.25, 0.3) is 11.3 Å². The first kappa shape index (κ1) is 20.3. The Hall–Kier alpha value is -3.64. The largest absolute Gasteiger partial charge is 0.497 e. The molecule has 0 radical (unpaired) electrons. The van der Waals surface area contributed by atoms with Gasteiger partial charge in [-0.05, 0) is 48.9 Å². The molecule has 0 saturated heterocycles. The maximum absolute atomic E-state index is 6.30. The molecule has 6 heteroatoms. The van der Waals surface area contributed by atoms with Gasteiger partial charge in [0, 0.05) is 22.9 Å². The zero-order chi connectivity index (χ0) is 21.9. The second kappa shape index (κ2) is 8.85. The van der Waals surface area contributed by atoms with Crippen LogP contribution in [0.5, 0.6) is 11.5 Å². The number of nitrogens with zero attached hydrogens (tertiary/aromatic N) is 2. The van der Waals surface area contributed by atoms with E-state index in [2.05, 4.69) is 36.6 Å². The van der Waals surface area contributed by atoms with E-state index >= 15 is 0 Å². The van der Waals surface area contributed by atoms with E-state index in [4.69, 9.17) is 19.6 Å². The van der Waals surface area contributed by atoms with Crippen LogP contribution in [0.3, 0.4) is 0 Å². The Bertz CT molecular complexity index is 1250. The lowest BCUT2D eigenvalue weighted by Gasteiger charge is -2.27. The van der Waals surface area contributed by atoms with Gasteiger partial charge in [-0.1, -0.05) is 42.0 Å². The molecule has 0 aliphatic carbocycles. The fourth-order valence-electron chi connectivity index (χ4n) is 3.75. The van der Waals surface area contributed by atoms with Gasteiger partial charge in [-0.15, -0.1) is 11.3 Å². The minimum absolute atomic E-state index is 0.0712. The molecule has 1 unspecified atom stereocenters. The van der Waals surface area contributed by atoms with Crippen molar-refractivity contribution in [2.45, 2.75) is 19.4 Å². The first-order valence-corrected chi connectivity index (χ1v) is 11.3. The normalized spacial score (nSPS) is 16.3. The van der Waals surface area contributed by atoms with Gasteiger partial charge in [0.25, 0.3) is 0 Å². The van der Waals surface area contributed by atoms with Crippen molar-refractivity contribution < 1.29 is 9.47 Å². The molecule has 0 bridgehead atoms. The van der Waals surface area contributed by atoms with Gasteiger partial charge in [0.05, 0.1) is 18.5 Å². The van der Waals surface area contributed by atoms with Crippen LogP contribution < -0.4 is 14.9 Å². The highest BCUT2D eigenvalue weighted by molar-refractivity contribution is 7.14. The summed E-state index contributed by atoms with van der Waals surface area (Å²) >= 11 is 1.53. The van der Waals surface area contributed by atoms with Gasteiger partial charge in [-0.2, -0.15) is 5.10 Å². The fraction of sp³-hybridized carbons (Fsp3) is 0.154. The molecule has 1 N–H and O–H groups in total. The number of aryl methyl sites for hydroxylation is 1. The van der Waals surface area contributed by atoms with E-state index in [1.165, 1.54) is 16.9 Å². The zero-order valence-corrected chi connectivity index (χ0v) is 18.7. The molecular weight excluding hydrogens is 418 g/mol. The van der Waals surface area contributed by atoms with Gasteiger partial charge < -0.3 is 9.47 Å². The monoisotopic (exact) mass is 441 g/mol. The van der Waals surface area contributed by atoms with Crippen molar-refractivity contribution in [2.75, 3.05) is 12.5 Å². The molecule has 1 aliphatic heterocycles. The van der Waals surface area contributed by atoms with Crippen molar-refractivity contribution in [1.82, 2.24) is 4.98 Å². The number of rotatable bonds is 5. The van der Waals surface area contributed by atoms with Crippen LogP contribution in [-0.4, -0.2) is 17.8 Å². The lowest BCUT2D eigenvalue weighted by atomic mass is 9.94. The minimum atomic E-state index is -0.0712. The summed E-state index contributed by atoms with van der Waals surface area (Å²) < 4.78 is 11.5. The van der Waals surface area contributed by atoms with Crippen LogP contribution in [0.1, 0.15) is 29.2 Å². The molecule has 0 saturated carbocycles. The Kier molecular flexibility index (Phi) is 5.60. The van der Waals surface area contributed by atoms with E-state index in [0.29, 0.717) is 6.42 Å². The third-order valence-electron chi connectivity index (χ3n) is 5.44. The van der Waals surface area contributed by atoms with Crippen molar-refractivity contribution >= 4 is 22.2 Å². The van der Waals surface area contributed by atoms with E-state index in [-0.39, 0.29) is 6.10 Å². The van der Waals surface area contributed by atoms with Crippen molar-refractivity contribution in [2.24, 2.45) is 5.10 Å². The lowest BCUT2D eigenvalue weighted by Crippen LogP contribution is -2.22. The highest BCUT2D eigenvalue weighted by atomic mass is 32.1. The van der Waals surface area contributed by atoms with Crippen molar-refractivity contribution in [3.8, 4) is 22.8 Å². The Morgan fingerprint density at radius 2 is 1.88 bits per heavy atom. The number of ether oxygens (including phenoxy) is 2. The van der Waals surface area contributed by atoms with Crippen LogP contribution in [-0.2, 0) is 0 Å². The SMILES string of the molecule is COc1ccc(-c2csc(N/N=C3/CC(c4ccccc4)Oc4ccc(C)cc43)n2)cc1. The molecule has 0 spiro atoms. The molecule has 5 rings (SSSR count). The molecule has 2 heterocycles. The summed E-state index contributed by atoms with van der Waals surface area (Å²) in [6.07, 6.45) is 0.614. The van der Waals surface area contributed by atoms with Crippen molar-refractivity contribution in [3.05, 3.63) is 94.9 Å². The van der Waals surface area contributed by atoms with E-state index < -0.39 is 0 Å². The molecule has 0 fully saturated rings. The van der Waals surface area contributed by atoms with Gasteiger partial charge in [0.15, 0.2) is 0 Å². The van der Waals surface area contributed by atoms with Crippen LogP contribution in [0.4, 0.5) is 5.13 Å². The highest BCUT2D eigenvalue weighted by Gasteiger charge is 2.26. The number of hydrogen-bond donors (Lipinski definition) is 1. The first-order valence-electron chi connectivity index (χ1n) is 10.4. The molecule has 4 aromatic rings. The molecule has 1 aliphatic rings. The number of benzene rings is 3. The van der Waals surface area contributed by atoms with E-state index in [1.54, 1.807) is 7.11 Å². The van der Waals surface area contributed by atoms with E-state index in [1.807, 2.05) is 53.9 Å². The number of thiazole rings is 1. The van der Waals surface area contributed by atoms with Gasteiger partial charge in [0.1, 0.15) is 17.6 Å². The van der Waals surface area contributed by atoms with E-state index in [9.17, 15) is 0 Å². The van der Waals surface area contributed by atoms with Gasteiger partial charge in [-0.25, -0.2) is 4.98 Å². The topological polar surface area (TPSA) is 55.7 Å².